The highest BCUT2D eigenvalue weighted by Gasteiger charge is 2.13. The maximum Gasteiger partial charge on any atom is 0.145 e. The molecule has 0 aliphatic heterocycles. The molecule has 0 aliphatic carbocycles. The fraction of sp³-hybridized carbons (Fsp3) is 0.250. The first-order valence-corrected chi connectivity index (χ1v) is 5.62. The Morgan fingerprint density at radius 2 is 2.29 bits per heavy atom. The van der Waals surface area contributed by atoms with Crippen LogP contribution in [0.2, 0.25) is 5.02 Å². The third kappa shape index (κ3) is 2.65. The number of aromatic nitrogens is 2. The summed E-state index contributed by atoms with van der Waals surface area (Å²) >= 11 is 5.72. The van der Waals surface area contributed by atoms with Crippen LogP contribution in [0.3, 0.4) is 0 Å². The van der Waals surface area contributed by atoms with Gasteiger partial charge in [-0.2, -0.15) is 5.10 Å². The summed E-state index contributed by atoms with van der Waals surface area (Å²) in [6, 6.07) is 4.65. The van der Waals surface area contributed by atoms with Crippen LogP contribution in [0.4, 0.5) is 4.39 Å². The predicted octanol–water partition coefficient (Wildman–Crippen LogP) is 2.46. The molecule has 0 spiro atoms. The molecule has 2 rings (SSSR count). The molecule has 5 heteroatoms. The zero-order valence-electron chi connectivity index (χ0n) is 9.40. The molecule has 1 heterocycles. The summed E-state index contributed by atoms with van der Waals surface area (Å²) < 4.78 is 15.3. The van der Waals surface area contributed by atoms with Gasteiger partial charge in [-0.15, -0.1) is 0 Å². The molecule has 1 aromatic carbocycles. The number of nitrogens with two attached hydrogens (primary N) is 1. The molecule has 0 amide bonds. The molecule has 1 atom stereocenters. The minimum Gasteiger partial charge on any atom is -0.324 e. The topological polar surface area (TPSA) is 43.8 Å². The molecule has 17 heavy (non-hydrogen) atoms. The first kappa shape index (κ1) is 12.1. The van der Waals surface area contributed by atoms with Crippen molar-refractivity contribution in [2.45, 2.75) is 12.5 Å². The van der Waals surface area contributed by atoms with Gasteiger partial charge >= 0.3 is 0 Å². The summed E-state index contributed by atoms with van der Waals surface area (Å²) in [5.74, 6) is -0.395. The molecular formula is C12H13ClFN3. The van der Waals surface area contributed by atoms with Crippen LogP contribution in [0.25, 0.3) is 0 Å². The van der Waals surface area contributed by atoms with Crippen LogP contribution in [0.15, 0.2) is 30.6 Å². The average molecular weight is 254 g/mol. The number of nitrogens with zero attached hydrogens (tertiary/aromatic N) is 2. The van der Waals surface area contributed by atoms with Gasteiger partial charge in [0.2, 0.25) is 0 Å². The molecule has 2 aromatic rings. The van der Waals surface area contributed by atoms with Crippen LogP contribution in [-0.4, -0.2) is 9.78 Å². The van der Waals surface area contributed by atoms with Crippen LogP contribution in [0.5, 0.6) is 0 Å². The van der Waals surface area contributed by atoms with Gasteiger partial charge in [-0.1, -0.05) is 23.7 Å². The molecule has 0 saturated carbocycles. The summed E-state index contributed by atoms with van der Waals surface area (Å²) in [5.41, 5.74) is 7.40. The van der Waals surface area contributed by atoms with Crippen LogP contribution in [-0.2, 0) is 13.5 Å². The quantitative estimate of drug-likeness (QED) is 0.913. The first-order chi connectivity index (χ1) is 8.08. The third-order valence-corrected chi connectivity index (χ3v) is 2.92. The van der Waals surface area contributed by atoms with Gasteiger partial charge in [0.25, 0.3) is 0 Å². The van der Waals surface area contributed by atoms with Crippen molar-refractivity contribution in [2.75, 3.05) is 0 Å². The van der Waals surface area contributed by atoms with Crippen LogP contribution < -0.4 is 5.73 Å². The van der Waals surface area contributed by atoms with Crippen molar-refractivity contribution in [3.63, 3.8) is 0 Å². The highest BCUT2D eigenvalue weighted by molar-refractivity contribution is 6.30. The molecule has 0 radical (unpaired) electrons. The zero-order chi connectivity index (χ0) is 12.4. The Morgan fingerprint density at radius 3 is 2.94 bits per heavy atom. The predicted molar refractivity (Wildman–Crippen MR) is 65.3 cm³/mol. The highest BCUT2D eigenvalue weighted by Crippen LogP contribution is 2.22. The Bertz CT molecular complexity index is 524. The van der Waals surface area contributed by atoms with Gasteiger partial charge in [0, 0.05) is 24.8 Å². The normalized spacial score (nSPS) is 12.7. The Kier molecular flexibility index (Phi) is 3.45. The summed E-state index contributed by atoms with van der Waals surface area (Å²) in [4.78, 5) is 0. The molecule has 90 valence electrons. The van der Waals surface area contributed by atoms with Gasteiger partial charge in [-0.3, -0.25) is 4.68 Å². The van der Waals surface area contributed by atoms with Crippen molar-refractivity contribution in [1.29, 1.82) is 0 Å². The smallest absolute Gasteiger partial charge is 0.145 e. The molecule has 3 nitrogen and oxygen atoms in total. The van der Waals surface area contributed by atoms with Crippen molar-refractivity contribution < 1.29 is 4.39 Å². The average Bonchev–Trinajstić information content (AvgIpc) is 2.72. The fourth-order valence-corrected chi connectivity index (χ4v) is 1.89. The van der Waals surface area contributed by atoms with E-state index in [1.165, 1.54) is 6.07 Å². The van der Waals surface area contributed by atoms with Gasteiger partial charge < -0.3 is 5.73 Å². The van der Waals surface area contributed by atoms with Gasteiger partial charge in [0.15, 0.2) is 0 Å². The van der Waals surface area contributed by atoms with Crippen molar-refractivity contribution in [3.8, 4) is 0 Å². The minimum absolute atomic E-state index is 0.126. The van der Waals surface area contributed by atoms with Gasteiger partial charge in [-0.25, -0.2) is 4.39 Å². The lowest BCUT2D eigenvalue weighted by molar-refractivity contribution is 0.593. The largest absolute Gasteiger partial charge is 0.324 e. The van der Waals surface area contributed by atoms with E-state index in [4.69, 9.17) is 17.3 Å². The lowest BCUT2D eigenvalue weighted by Gasteiger charge is -2.10. The van der Waals surface area contributed by atoms with Gasteiger partial charge in [-0.05, 0) is 18.1 Å². The number of hydrogen-bond acceptors (Lipinski definition) is 2. The molecule has 1 aromatic heterocycles. The summed E-state index contributed by atoms with van der Waals surface area (Å²) in [7, 11) is 1.82. The molecule has 2 N–H and O–H groups in total. The first-order valence-electron chi connectivity index (χ1n) is 5.25. The van der Waals surface area contributed by atoms with E-state index in [0.717, 1.165) is 5.56 Å². The highest BCUT2D eigenvalue weighted by atomic mass is 35.5. The molecule has 0 fully saturated rings. The Balaban J connectivity index is 2.18. The monoisotopic (exact) mass is 253 g/mol. The second-order valence-electron chi connectivity index (χ2n) is 3.97. The minimum atomic E-state index is -0.395. The van der Waals surface area contributed by atoms with E-state index in [1.807, 2.05) is 13.2 Å². The summed E-state index contributed by atoms with van der Waals surface area (Å²) in [6.07, 6.45) is 3.92. The second-order valence-corrected chi connectivity index (χ2v) is 4.38. The molecule has 1 unspecified atom stereocenters. The van der Waals surface area contributed by atoms with E-state index in [1.54, 1.807) is 23.0 Å². The molecule has 0 aliphatic rings. The Morgan fingerprint density at radius 1 is 1.53 bits per heavy atom. The Labute approximate surface area is 104 Å². The number of hydrogen-bond donors (Lipinski definition) is 1. The SMILES string of the molecule is Cn1cc(C(N)Cc2cccc(Cl)c2F)cn1. The standard InChI is InChI=1S/C12H13ClFN3/c1-17-7-9(6-16-17)11(15)5-8-3-2-4-10(13)12(8)14/h2-4,6-7,11H,5,15H2,1H3. The number of rotatable bonds is 3. The molecule has 0 bridgehead atoms. The fourth-order valence-electron chi connectivity index (χ4n) is 1.69. The van der Waals surface area contributed by atoms with E-state index >= 15 is 0 Å². The van der Waals surface area contributed by atoms with E-state index in [2.05, 4.69) is 5.10 Å². The van der Waals surface area contributed by atoms with Crippen LogP contribution in [0.1, 0.15) is 17.2 Å². The maximum absolute atomic E-state index is 13.7. The number of halogens is 2. The van der Waals surface area contributed by atoms with E-state index in [0.29, 0.717) is 12.0 Å². The summed E-state index contributed by atoms with van der Waals surface area (Å²) in [5, 5.41) is 4.16. The molecular weight excluding hydrogens is 241 g/mol. The number of benzene rings is 1. The van der Waals surface area contributed by atoms with E-state index in [9.17, 15) is 4.39 Å². The maximum atomic E-state index is 13.7. The van der Waals surface area contributed by atoms with Crippen molar-refractivity contribution in [3.05, 3.63) is 52.6 Å². The lowest BCUT2D eigenvalue weighted by atomic mass is 10.0. The van der Waals surface area contributed by atoms with E-state index in [-0.39, 0.29) is 11.1 Å². The Hall–Kier alpha value is -1.39. The van der Waals surface area contributed by atoms with Crippen LogP contribution >= 0.6 is 11.6 Å². The lowest BCUT2D eigenvalue weighted by Crippen LogP contribution is -2.13. The van der Waals surface area contributed by atoms with Crippen molar-refractivity contribution in [1.82, 2.24) is 9.78 Å². The number of aryl methyl sites for hydroxylation is 1. The van der Waals surface area contributed by atoms with Gasteiger partial charge in [0.05, 0.1) is 11.2 Å². The van der Waals surface area contributed by atoms with Crippen molar-refractivity contribution >= 4 is 11.6 Å². The van der Waals surface area contributed by atoms with Crippen molar-refractivity contribution in [2.24, 2.45) is 12.8 Å². The van der Waals surface area contributed by atoms with Gasteiger partial charge in [0.1, 0.15) is 5.82 Å². The second kappa shape index (κ2) is 4.85. The van der Waals surface area contributed by atoms with Crippen LogP contribution in [0, 0.1) is 5.82 Å². The zero-order valence-corrected chi connectivity index (χ0v) is 10.2. The summed E-state index contributed by atoms with van der Waals surface area (Å²) in [6.45, 7) is 0. The van der Waals surface area contributed by atoms with E-state index < -0.39 is 5.82 Å². The molecule has 0 saturated heterocycles. The third-order valence-electron chi connectivity index (χ3n) is 2.62.